The number of benzene rings is 6. The van der Waals surface area contributed by atoms with Crippen LogP contribution in [0.5, 0.6) is 17.2 Å². The van der Waals surface area contributed by atoms with Crippen molar-refractivity contribution in [2.75, 3.05) is 20.8 Å². The van der Waals surface area contributed by atoms with Crippen LogP contribution in [-0.2, 0) is 38.9 Å². The molecular formula is C110H90Cl2O3S12. The molecule has 0 amide bonds. The zero-order valence-electron chi connectivity index (χ0n) is 76.1. The number of alkyl halides is 2. The first-order chi connectivity index (χ1) is 64.5. The average Bonchev–Trinajstić information content (AvgIpc) is 1.51. The van der Waals surface area contributed by atoms with Gasteiger partial charge in [0.25, 0.3) is 0 Å². The van der Waals surface area contributed by atoms with E-state index < -0.39 is 24.0 Å². The van der Waals surface area contributed by atoms with Gasteiger partial charge in [-0.1, -0.05) is 222 Å². The Kier molecular flexibility index (Phi) is 23.2. The van der Waals surface area contributed by atoms with Gasteiger partial charge in [0.15, 0.2) is 11.5 Å². The maximum atomic E-state index is 7.85. The molecule has 0 saturated carbocycles. The second-order valence-corrected chi connectivity index (χ2v) is 44.5. The van der Waals surface area contributed by atoms with Gasteiger partial charge in [-0.3, -0.25) is 0 Å². The zero-order chi connectivity index (χ0) is 92.1. The van der Waals surface area contributed by atoms with Crippen LogP contribution in [-0.4, -0.2) is 25.7 Å². The fourth-order valence-electron chi connectivity index (χ4n) is 18.8. The second-order valence-electron chi connectivity index (χ2n) is 32.4. The predicted octanol–water partition coefficient (Wildman–Crippen LogP) is 35.1. The molecular weight excluding hydrogens is 1820 g/mol. The molecule has 0 N–H and O–H groups in total. The van der Waals surface area contributed by atoms with E-state index >= 15 is 0 Å². The number of halogens is 2. The van der Waals surface area contributed by atoms with E-state index in [9.17, 15) is 0 Å². The smallest absolute Gasteiger partial charge is 0.160 e. The first kappa shape index (κ1) is 79.8. The van der Waals surface area contributed by atoms with Crippen molar-refractivity contribution in [1.82, 2.24) is 0 Å². The molecule has 127 heavy (non-hydrogen) atoms. The molecule has 0 bridgehead atoms. The Morgan fingerprint density at radius 2 is 0.630 bits per heavy atom. The van der Waals surface area contributed by atoms with Crippen LogP contribution in [0, 0.1) is 0 Å². The van der Waals surface area contributed by atoms with Gasteiger partial charge in [0.05, 0.1) is 30.5 Å². The van der Waals surface area contributed by atoms with Crippen molar-refractivity contribution in [1.29, 1.82) is 0 Å². The lowest BCUT2D eigenvalue weighted by Crippen LogP contribution is -2.30. The van der Waals surface area contributed by atoms with Crippen molar-refractivity contribution in [3.63, 3.8) is 0 Å². The lowest BCUT2D eigenvalue weighted by atomic mass is 9.65. The van der Waals surface area contributed by atoms with E-state index in [1.165, 1.54) is 155 Å². The molecule has 0 unspecified atom stereocenters. The largest absolute Gasteiger partial charge is 0.493 e. The van der Waals surface area contributed by atoms with Gasteiger partial charge in [0.1, 0.15) is 17.2 Å². The third-order valence-corrected chi connectivity index (χ3v) is 38.0. The van der Waals surface area contributed by atoms with Crippen molar-refractivity contribution in [3.05, 3.63) is 438 Å². The topological polar surface area (TPSA) is 27.7 Å². The number of ether oxygens (including phenoxy) is 3. The Morgan fingerprint density at radius 3 is 0.992 bits per heavy atom. The Labute approximate surface area is 811 Å². The minimum atomic E-state index is -2.61. The van der Waals surface area contributed by atoms with Crippen molar-refractivity contribution in [3.8, 4) is 75.8 Å². The highest BCUT2D eigenvalue weighted by Gasteiger charge is 2.50. The number of rotatable bonds is 17. The summed E-state index contributed by atoms with van der Waals surface area (Å²) in [6.45, 7) is 4.67. The van der Waals surface area contributed by atoms with E-state index in [4.69, 9.17) is 45.6 Å². The minimum absolute atomic E-state index is 0.0273. The highest BCUT2D eigenvalue weighted by molar-refractivity contribution is 7.24. The highest BCUT2D eigenvalue weighted by atomic mass is 35.5. The van der Waals surface area contributed by atoms with Gasteiger partial charge < -0.3 is 14.2 Å². The first-order valence-electron chi connectivity index (χ1n) is 44.6. The van der Waals surface area contributed by atoms with Crippen LogP contribution in [0.2, 0.25) is 0 Å². The average molecular weight is 1920 g/mol. The molecule has 6 aliphatic carbocycles. The van der Waals surface area contributed by atoms with Crippen molar-refractivity contribution in [2.45, 2.75) is 91.1 Å². The van der Waals surface area contributed by atoms with E-state index in [1.807, 2.05) is 139 Å². The molecule has 0 atom stereocenters. The highest BCUT2D eigenvalue weighted by Crippen LogP contribution is 2.63. The molecule has 18 aromatic rings. The third kappa shape index (κ3) is 15.9. The summed E-state index contributed by atoms with van der Waals surface area (Å²) in [4.78, 5) is 15.3. The van der Waals surface area contributed by atoms with E-state index in [2.05, 4.69) is 312 Å². The van der Waals surface area contributed by atoms with Crippen LogP contribution in [0.3, 0.4) is 0 Å². The molecule has 3 nitrogen and oxygen atoms in total. The number of allylic oxidation sites excluding steroid dienone is 6. The fraction of sp³-hybridized carbons (Fsp3) is 0.164. The Bertz CT molecular complexity index is 6850. The van der Waals surface area contributed by atoms with Gasteiger partial charge in [0.2, 0.25) is 0 Å². The van der Waals surface area contributed by atoms with Crippen LogP contribution in [0.25, 0.3) is 70.7 Å². The molecule has 12 heterocycles. The molecule has 17 heteroatoms. The summed E-state index contributed by atoms with van der Waals surface area (Å²) >= 11 is 33.5. The van der Waals surface area contributed by atoms with Crippen LogP contribution in [0.1, 0.15) is 150 Å². The maximum absolute atomic E-state index is 7.85. The Balaban J connectivity index is 0.000000104. The quantitative estimate of drug-likeness (QED) is 0.0672. The Hall–Kier alpha value is -9.34. The van der Waals surface area contributed by atoms with Crippen LogP contribution in [0.15, 0.2) is 344 Å². The molecule has 24 rings (SSSR count). The fourth-order valence-corrected chi connectivity index (χ4v) is 32.4. The van der Waals surface area contributed by atoms with Crippen LogP contribution in [0.4, 0.5) is 0 Å². The molecule has 0 fully saturated rings. The van der Waals surface area contributed by atoms with E-state index in [0.717, 1.165) is 33.4 Å². The summed E-state index contributed by atoms with van der Waals surface area (Å²) < 4.78 is 64.0. The molecule has 0 spiro atoms. The molecule has 0 aliphatic heterocycles. The summed E-state index contributed by atoms with van der Waals surface area (Å²) in [5.41, 5.74) is 19.0. The van der Waals surface area contributed by atoms with Crippen molar-refractivity contribution in [2.24, 2.45) is 0 Å². The number of para-hydroxylation sites is 1. The lowest BCUT2D eigenvalue weighted by Gasteiger charge is -2.36. The van der Waals surface area contributed by atoms with Gasteiger partial charge in [-0.2, -0.15) is 0 Å². The van der Waals surface area contributed by atoms with Gasteiger partial charge in [-0.15, -0.1) is 159 Å². The Morgan fingerprint density at radius 1 is 0.323 bits per heavy atom. The monoisotopic (exact) mass is 1920 g/mol. The van der Waals surface area contributed by atoms with Crippen molar-refractivity contribution < 1.29 is 22.4 Å². The number of thiophene rings is 12. The number of hydrogen-bond acceptors (Lipinski definition) is 15. The molecule has 6 aromatic carbocycles. The zero-order valence-corrected chi connectivity index (χ0v) is 81.4. The predicted molar refractivity (Wildman–Crippen MR) is 559 cm³/mol. The SMILES string of the molecule is C(=C/C1(/C=C/C=C\c2ccccc2)c2ccsc2-c2sccc21)/C=C/c1ccccc1.CC1(C(Cl)Cl)c2ccsc2-c2sccc21.CC1(C(c2ccccc2)c2ccccc2)c2ccsc2-c2sccc21.CC1(COc2ccccc2)c2ccsc2-c2sccc21.COc1ccc(CC2(C)c3ccsc3-c3sccc32)cc1OC.[2H]C([2H])([2H])C1(C([2H])([2H])[2H])c2ccsc2-c2sccc21. The van der Waals surface area contributed by atoms with E-state index in [1.54, 1.807) is 59.8 Å². The van der Waals surface area contributed by atoms with Gasteiger partial charge >= 0.3 is 0 Å². The number of hydrogen-bond donors (Lipinski definition) is 0. The van der Waals surface area contributed by atoms with Crippen molar-refractivity contribution >= 4 is 171 Å². The summed E-state index contributed by atoms with van der Waals surface area (Å²) in [6.07, 6.45) is 18.6. The van der Waals surface area contributed by atoms with Gasteiger partial charge in [-0.05, 0) is 276 Å². The maximum Gasteiger partial charge on any atom is 0.160 e. The van der Waals surface area contributed by atoms with E-state index in [-0.39, 0.29) is 27.1 Å². The number of methoxy groups -OCH3 is 2. The normalized spacial score (nSPS) is 16.0. The van der Waals surface area contributed by atoms with Gasteiger partial charge in [0, 0.05) is 88.9 Å². The molecule has 634 valence electrons. The van der Waals surface area contributed by atoms with E-state index in [0.29, 0.717) is 23.7 Å². The second kappa shape index (κ2) is 36.9. The molecule has 0 saturated heterocycles. The summed E-state index contributed by atoms with van der Waals surface area (Å²) in [5.74, 6) is 2.82. The standard InChI is InChI=1S/C29H22S2.C23H18S2.C19H18O2S2.C17H14OS2.C11H8Cl2S2.C11H10S2/c1-3-11-23(12-4-1)15-7-9-19-29(20-10-8-16-24-13-5-2-6-14-24)25-17-21-30-27(25)28-26(29)18-22-31-28;1-23(18-12-14-24-21(18)22-19(23)13-15-25-22)20(16-8-4-2-5-9-16)17-10-6-3-7-11-17;1-19(11-12-4-5-15(20-2)16(10-12)21-3)13-6-8-22-17(13)18-14(19)7-9-23-18;1-17(11-18-12-5-3-2-4-6-12)13-7-9-19-15(13)16-14(17)8-10-20-16;1-11(10(12)13)6-2-4-14-8(6)9-7(11)3-5-15-9;1-11(2)7-3-5-12-9(7)10-8(11)4-6-13-10/h1-22H;2-15,20H,1H3;4-10H,11H2,1-3H3;2-10H,11H2,1H3;2-5,10H,1H3;3-6H,1-2H3/b15-7-,16-8+,19-9+,20-10-;;;;;/i;;;;;1D3,2D3. The molecule has 12 aromatic heterocycles. The first-order valence-corrected chi connectivity index (χ1v) is 53.0. The van der Waals surface area contributed by atoms with Crippen LogP contribution >= 0.6 is 159 Å². The third-order valence-electron chi connectivity index (χ3n) is 25.2. The minimum Gasteiger partial charge on any atom is -0.493 e. The summed E-state index contributed by atoms with van der Waals surface area (Å²) in [5, 5.41) is 25.5. The molecule has 6 aliphatic rings. The number of fused-ring (bicyclic) bond motifs is 18. The van der Waals surface area contributed by atoms with Crippen LogP contribution < -0.4 is 14.2 Å². The molecule has 0 radical (unpaired) electrons. The lowest BCUT2D eigenvalue weighted by molar-refractivity contribution is 0.257. The summed E-state index contributed by atoms with van der Waals surface area (Å²) in [7, 11) is 3.36. The summed E-state index contributed by atoms with van der Waals surface area (Å²) in [6, 6.07) is 85.0. The van der Waals surface area contributed by atoms with Gasteiger partial charge in [-0.25, -0.2) is 0 Å².